The van der Waals surface area contributed by atoms with E-state index in [9.17, 15) is 4.79 Å². The largest absolute Gasteiger partial charge is 0.497 e. The molecular weight excluding hydrogens is 378 g/mol. The maximum Gasteiger partial charge on any atom is 0.277 e. The van der Waals surface area contributed by atoms with E-state index in [0.29, 0.717) is 40.0 Å². The molecular formula is C20H27N3O4S. The summed E-state index contributed by atoms with van der Waals surface area (Å²) < 4.78 is 16.2. The van der Waals surface area contributed by atoms with Gasteiger partial charge >= 0.3 is 0 Å². The maximum absolute atomic E-state index is 12.3. The number of hydrogen-bond donors (Lipinski definition) is 1. The van der Waals surface area contributed by atoms with Crippen LogP contribution < -0.4 is 14.8 Å². The molecule has 0 bridgehead atoms. The molecule has 1 N–H and O–H groups in total. The lowest BCUT2D eigenvalue weighted by Crippen LogP contribution is -2.44. The quantitative estimate of drug-likeness (QED) is 0.701. The second-order valence-electron chi connectivity index (χ2n) is 7.20. The van der Waals surface area contributed by atoms with Crippen molar-refractivity contribution in [3.8, 4) is 23.0 Å². The van der Waals surface area contributed by atoms with Gasteiger partial charge in [0.15, 0.2) is 0 Å². The third kappa shape index (κ3) is 4.98. The Morgan fingerprint density at radius 2 is 1.89 bits per heavy atom. The highest BCUT2D eigenvalue weighted by Gasteiger charge is 2.28. The number of aromatic nitrogens is 2. The molecule has 1 fully saturated rings. The van der Waals surface area contributed by atoms with E-state index in [1.165, 1.54) is 24.6 Å². The molecule has 0 unspecified atom stereocenters. The number of ether oxygens (including phenoxy) is 2. The van der Waals surface area contributed by atoms with Crippen molar-refractivity contribution in [1.29, 1.82) is 0 Å². The first-order valence-electron chi connectivity index (χ1n) is 9.49. The van der Waals surface area contributed by atoms with E-state index < -0.39 is 0 Å². The van der Waals surface area contributed by atoms with Crippen LogP contribution in [0.3, 0.4) is 0 Å². The summed E-state index contributed by atoms with van der Waals surface area (Å²) in [6.07, 6.45) is 3.45. The number of nitrogens with one attached hydrogen (secondary N) is 1. The van der Waals surface area contributed by atoms with E-state index in [0.717, 1.165) is 6.42 Å². The van der Waals surface area contributed by atoms with Gasteiger partial charge in [0.2, 0.25) is 11.8 Å². The minimum atomic E-state index is -0.00116. The topological polar surface area (TPSA) is 86.5 Å². The molecule has 1 amide bonds. The van der Waals surface area contributed by atoms with E-state index in [-0.39, 0.29) is 17.7 Å². The number of carbonyl (C=O) groups is 1. The number of carbonyl (C=O) groups excluding carboxylic acids is 1. The Labute approximate surface area is 169 Å². The molecule has 1 aromatic carbocycles. The van der Waals surface area contributed by atoms with Gasteiger partial charge in [-0.15, -0.1) is 10.2 Å². The Morgan fingerprint density at radius 1 is 1.18 bits per heavy atom. The van der Waals surface area contributed by atoms with E-state index in [4.69, 9.17) is 13.9 Å². The molecule has 7 nitrogen and oxygen atoms in total. The highest BCUT2D eigenvalue weighted by atomic mass is 32.2. The number of amides is 1. The molecule has 1 aliphatic carbocycles. The summed E-state index contributed by atoms with van der Waals surface area (Å²) >= 11 is 1.24. The van der Waals surface area contributed by atoms with Gasteiger partial charge in [0, 0.05) is 17.7 Å². The van der Waals surface area contributed by atoms with Crippen molar-refractivity contribution in [2.75, 3.05) is 20.0 Å². The minimum absolute atomic E-state index is 0.00116. The van der Waals surface area contributed by atoms with Crippen LogP contribution in [0, 0.1) is 11.8 Å². The molecule has 1 aliphatic rings. The van der Waals surface area contributed by atoms with Gasteiger partial charge in [-0.3, -0.25) is 4.79 Å². The van der Waals surface area contributed by atoms with Gasteiger partial charge in [-0.25, -0.2) is 0 Å². The van der Waals surface area contributed by atoms with Crippen molar-refractivity contribution >= 4 is 17.7 Å². The second kappa shape index (κ2) is 9.32. The standard InChI is InChI=1S/C20H27N3O4S/c1-12-6-5-7-17(13(12)2)21-18(24)11-28-20-23-22-19(27-20)14-8-15(25-3)10-16(9-14)26-4/h8-10,12-13,17H,5-7,11H2,1-4H3,(H,21,24)/t12-,13+,17+/m0/s1. The molecule has 3 rings (SSSR count). The molecule has 3 atom stereocenters. The number of hydrogen-bond acceptors (Lipinski definition) is 7. The number of nitrogens with zero attached hydrogens (tertiary/aromatic N) is 2. The Balaban J connectivity index is 1.58. The predicted molar refractivity (Wildman–Crippen MR) is 108 cm³/mol. The number of methoxy groups -OCH3 is 2. The monoisotopic (exact) mass is 405 g/mol. The van der Waals surface area contributed by atoms with Gasteiger partial charge in [0.05, 0.1) is 20.0 Å². The lowest BCUT2D eigenvalue weighted by atomic mass is 9.78. The fourth-order valence-electron chi connectivity index (χ4n) is 3.48. The summed E-state index contributed by atoms with van der Waals surface area (Å²) in [5, 5.41) is 11.6. The summed E-state index contributed by atoms with van der Waals surface area (Å²) in [5.74, 6) is 3.02. The van der Waals surface area contributed by atoms with Gasteiger partial charge in [-0.2, -0.15) is 0 Å². The Morgan fingerprint density at radius 3 is 2.57 bits per heavy atom. The van der Waals surface area contributed by atoms with Crippen molar-refractivity contribution < 1.29 is 18.7 Å². The van der Waals surface area contributed by atoms with E-state index in [1.54, 1.807) is 32.4 Å². The molecule has 28 heavy (non-hydrogen) atoms. The molecule has 0 spiro atoms. The third-order valence-electron chi connectivity index (χ3n) is 5.38. The molecule has 1 heterocycles. The zero-order chi connectivity index (χ0) is 20.1. The lowest BCUT2D eigenvalue weighted by Gasteiger charge is -2.34. The van der Waals surface area contributed by atoms with E-state index in [2.05, 4.69) is 29.4 Å². The number of thioether (sulfide) groups is 1. The summed E-state index contributed by atoms with van der Waals surface area (Å²) in [6.45, 7) is 4.47. The van der Waals surface area contributed by atoms with Crippen LogP contribution >= 0.6 is 11.8 Å². The Bertz CT molecular complexity index is 788. The zero-order valence-corrected chi connectivity index (χ0v) is 17.5. The summed E-state index contributed by atoms with van der Waals surface area (Å²) in [6, 6.07) is 5.61. The Hall–Kier alpha value is -2.22. The molecule has 0 aliphatic heterocycles. The molecule has 0 saturated heterocycles. The van der Waals surface area contributed by atoms with Crippen LogP contribution in [0.4, 0.5) is 0 Å². The number of rotatable bonds is 7. The molecule has 152 valence electrons. The third-order valence-corrected chi connectivity index (χ3v) is 6.20. The average Bonchev–Trinajstić information content (AvgIpc) is 3.18. The first-order valence-corrected chi connectivity index (χ1v) is 10.5. The van der Waals surface area contributed by atoms with Crippen LogP contribution in [0.15, 0.2) is 27.8 Å². The smallest absolute Gasteiger partial charge is 0.277 e. The first-order chi connectivity index (χ1) is 13.5. The molecule has 0 radical (unpaired) electrons. The van der Waals surface area contributed by atoms with Crippen LogP contribution in [0.5, 0.6) is 11.5 Å². The molecule has 8 heteroatoms. The molecule has 2 aromatic rings. The van der Waals surface area contributed by atoms with Gasteiger partial charge < -0.3 is 19.2 Å². The van der Waals surface area contributed by atoms with Gasteiger partial charge in [0.1, 0.15) is 11.5 Å². The van der Waals surface area contributed by atoms with E-state index in [1.807, 2.05) is 0 Å². The fourth-order valence-corrected chi connectivity index (χ4v) is 4.05. The number of benzene rings is 1. The second-order valence-corrected chi connectivity index (χ2v) is 8.13. The van der Waals surface area contributed by atoms with Crippen molar-refractivity contribution in [3.63, 3.8) is 0 Å². The summed E-state index contributed by atoms with van der Waals surface area (Å²) in [5.41, 5.74) is 0.699. The van der Waals surface area contributed by atoms with Crippen molar-refractivity contribution in [2.24, 2.45) is 11.8 Å². The van der Waals surface area contributed by atoms with Crippen LogP contribution in [0.2, 0.25) is 0 Å². The molecule has 1 aromatic heterocycles. The lowest BCUT2D eigenvalue weighted by molar-refractivity contribution is -0.120. The summed E-state index contributed by atoms with van der Waals surface area (Å²) in [4.78, 5) is 12.3. The maximum atomic E-state index is 12.3. The van der Waals surface area contributed by atoms with Crippen molar-refractivity contribution in [3.05, 3.63) is 18.2 Å². The fraction of sp³-hybridized carbons (Fsp3) is 0.550. The minimum Gasteiger partial charge on any atom is -0.497 e. The van der Waals surface area contributed by atoms with E-state index >= 15 is 0 Å². The zero-order valence-electron chi connectivity index (χ0n) is 16.7. The van der Waals surface area contributed by atoms with Crippen molar-refractivity contribution in [2.45, 2.75) is 44.4 Å². The highest BCUT2D eigenvalue weighted by molar-refractivity contribution is 7.99. The Kier molecular flexibility index (Phi) is 6.83. The van der Waals surface area contributed by atoms with Crippen LogP contribution in [-0.2, 0) is 4.79 Å². The predicted octanol–water partition coefficient (Wildman–Crippen LogP) is 3.79. The normalized spacial score (nSPS) is 21.9. The first kappa shape index (κ1) is 20.5. The van der Waals surface area contributed by atoms with Crippen LogP contribution in [0.1, 0.15) is 33.1 Å². The van der Waals surface area contributed by atoms with Crippen LogP contribution in [-0.4, -0.2) is 42.1 Å². The summed E-state index contributed by atoms with van der Waals surface area (Å²) in [7, 11) is 3.17. The van der Waals surface area contributed by atoms with Gasteiger partial charge in [-0.05, 0) is 30.4 Å². The van der Waals surface area contributed by atoms with Crippen molar-refractivity contribution in [1.82, 2.24) is 15.5 Å². The highest BCUT2D eigenvalue weighted by Crippen LogP contribution is 2.31. The van der Waals surface area contributed by atoms with Gasteiger partial charge in [-0.1, -0.05) is 38.5 Å². The van der Waals surface area contributed by atoms with Gasteiger partial charge in [0.25, 0.3) is 5.22 Å². The molecule has 1 saturated carbocycles. The SMILES string of the molecule is COc1cc(OC)cc(-c2nnc(SCC(=O)N[C@@H]3CCC[C@H](C)[C@H]3C)o2)c1. The van der Waals surface area contributed by atoms with Crippen LogP contribution in [0.25, 0.3) is 11.5 Å². The average molecular weight is 406 g/mol.